The van der Waals surface area contributed by atoms with Crippen molar-refractivity contribution in [2.75, 3.05) is 14.2 Å². The van der Waals surface area contributed by atoms with E-state index in [1.807, 2.05) is 18.2 Å². The molecule has 3 atom stereocenters. The summed E-state index contributed by atoms with van der Waals surface area (Å²) in [4.78, 5) is 18.7. The number of nitrogens with zero attached hydrogens (tertiary/aromatic N) is 1. The highest BCUT2D eigenvalue weighted by Gasteiger charge is 2.57. The van der Waals surface area contributed by atoms with Gasteiger partial charge in [-0.25, -0.2) is 18.2 Å². The van der Waals surface area contributed by atoms with E-state index in [1.165, 1.54) is 23.8 Å². The number of benzene rings is 1. The lowest BCUT2D eigenvalue weighted by atomic mass is 9.76. The first kappa shape index (κ1) is 20.8. The molecule has 1 fully saturated rings. The molecule has 29 heavy (non-hydrogen) atoms. The number of carbonyl (C=O) groups is 1. The second-order valence-corrected chi connectivity index (χ2v) is 11.4. The standard InChI is InChI=1S/C20H23ClN2O4S2/c1-23(27-2)19(24)20-10-9-14(11-13-5-3-4-6-15(13)12-20)18(20)22-29(25,26)17-8-7-16(21)28-17/h3-8,14,18,22H,9-12H2,1-2H3/t14?,18-,20?/m1/s1. The van der Waals surface area contributed by atoms with Crippen molar-refractivity contribution in [2.24, 2.45) is 11.3 Å². The van der Waals surface area contributed by atoms with E-state index in [0.29, 0.717) is 17.2 Å². The molecule has 1 amide bonds. The number of amides is 1. The lowest BCUT2D eigenvalue weighted by molar-refractivity contribution is -0.181. The van der Waals surface area contributed by atoms with Gasteiger partial charge in [0.2, 0.25) is 10.0 Å². The fourth-order valence-corrected chi connectivity index (χ4v) is 7.66. The molecule has 4 rings (SSSR count). The molecule has 6 nitrogen and oxygen atoms in total. The van der Waals surface area contributed by atoms with Gasteiger partial charge in [0.15, 0.2) is 0 Å². The number of carbonyl (C=O) groups excluding carboxylic acids is 1. The van der Waals surface area contributed by atoms with Crippen LogP contribution in [-0.2, 0) is 32.5 Å². The minimum atomic E-state index is -3.80. The normalized spacial score (nSPS) is 26.0. The zero-order valence-corrected chi connectivity index (χ0v) is 18.6. The quantitative estimate of drug-likeness (QED) is 0.703. The summed E-state index contributed by atoms with van der Waals surface area (Å²) in [5.41, 5.74) is 1.38. The van der Waals surface area contributed by atoms with Crippen molar-refractivity contribution in [1.29, 1.82) is 0 Å². The first-order chi connectivity index (χ1) is 13.8. The smallest absolute Gasteiger partial charge is 0.254 e. The van der Waals surface area contributed by atoms with Crippen LogP contribution < -0.4 is 4.72 Å². The molecule has 1 heterocycles. The van der Waals surface area contributed by atoms with E-state index in [0.717, 1.165) is 29.7 Å². The lowest BCUT2D eigenvalue weighted by Gasteiger charge is -2.37. The molecule has 156 valence electrons. The Morgan fingerprint density at radius 3 is 2.66 bits per heavy atom. The lowest BCUT2D eigenvalue weighted by Crippen LogP contribution is -2.55. The van der Waals surface area contributed by atoms with E-state index in [-0.39, 0.29) is 16.0 Å². The summed E-state index contributed by atoms with van der Waals surface area (Å²) >= 11 is 6.96. The van der Waals surface area contributed by atoms with E-state index in [2.05, 4.69) is 10.8 Å². The number of rotatable bonds is 5. The van der Waals surface area contributed by atoms with Crippen LogP contribution in [0.25, 0.3) is 0 Å². The number of sulfonamides is 1. The minimum absolute atomic E-state index is 0.0260. The number of hydrogen-bond acceptors (Lipinski definition) is 5. The van der Waals surface area contributed by atoms with Crippen LogP contribution in [0.1, 0.15) is 24.0 Å². The van der Waals surface area contributed by atoms with Crippen LogP contribution in [0.5, 0.6) is 0 Å². The van der Waals surface area contributed by atoms with E-state index in [1.54, 1.807) is 13.1 Å². The van der Waals surface area contributed by atoms with Crippen LogP contribution in [0.15, 0.2) is 40.6 Å². The second kappa shape index (κ2) is 7.67. The number of halogens is 1. The first-order valence-electron chi connectivity index (χ1n) is 9.43. The molecule has 2 bridgehead atoms. The highest BCUT2D eigenvalue weighted by molar-refractivity contribution is 7.91. The Bertz CT molecular complexity index is 1040. The van der Waals surface area contributed by atoms with Gasteiger partial charge in [0.1, 0.15) is 4.21 Å². The fourth-order valence-electron chi connectivity index (χ4n) is 4.77. The van der Waals surface area contributed by atoms with Gasteiger partial charge in [-0.1, -0.05) is 35.9 Å². The summed E-state index contributed by atoms with van der Waals surface area (Å²) in [6.45, 7) is 0. The largest absolute Gasteiger partial charge is 0.275 e. The summed E-state index contributed by atoms with van der Waals surface area (Å²) in [6, 6.07) is 10.6. The molecular formula is C20H23ClN2O4S2. The summed E-state index contributed by atoms with van der Waals surface area (Å²) in [7, 11) is -0.782. The van der Waals surface area contributed by atoms with Gasteiger partial charge >= 0.3 is 0 Å². The maximum absolute atomic E-state index is 13.5. The number of thiophene rings is 1. The highest BCUT2D eigenvalue weighted by atomic mass is 35.5. The highest BCUT2D eigenvalue weighted by Crippen LogP contribution is 2.50. The SMILES string of the molecule is CON(C)C(=O)C12CCC(Cc3ccccc3C1)[C@H]2NS(=O)(=O)c1ccc(Cl)s1. The predicted molar refractivity (Wildman–Crippen MR) is 112 cm³/mol. The van der Waals surface area contributed by atoms with Crippen molar-refractivity contribution in [3.05, 3.63) is 51.9 Å². The summed E-state index contributed by atoms with van der Waals surface area (Å²) in [6.07, 6.45) is 2.60. The molecule has 0 radical (unpaired) electrons. The molecule has 1 saturated carbocycles. The minimum Gasteiger partial charge on any atom is -0.275 e. The van der Waals surface area contributed by atoms with Gasteiger partial charge in [0, 0.05) is 13.1 Å². The second-order valence-electron chi connectivity index (χ2n) is 7.75. The van der Waals surface area contributed by atoms with Crippen molar-refractivity contribution in [1.82, 2.24) is 9.79 Å². The third-order valence-corrected chi connectivity index (χ3v) is 9.38. The topological polar surface area (TPSA) is 75.7 Å². The zero-order valence-electron chi connectivity index (χ0n) is 16.2. The Kier molecular flexibility index (Phi) is 5.50. The van der Waals surface area contributed by atoms with Gasteiger partial charge in [-0.15, -0.1) is 11.3 Å². The molecule has 1 aromatic heterocycles. The molecule has 2 aliphatic rings. The fraction of sp³-hybridized carbons (Fsp3) is 0.450. The number of nitrogens with one attached hydrogen (secondary N) is 1. The Morgan fingerprint density at radius 1 is 1.28 bits per heavy atom. The van der Waals surface area contributed by atoms with Crippen LogP contribution >= 0.6 is 22.9 Å². The molecule has 2 aliphatic carbocycles. The van der Waals surface area contributed by atoms with Gasteiger partial charge in [0.25, 0.3) is 5.91 Å². The van der Waals surface area contributed by atoms with Gasteiger partial charge < -0.3 is 0 Å². The first-order valence-corrected chi connectivity index (χ1v) is 12.1. The van der Waals surface area contributed by atoms with Crippen molar-refractivity contribution in [2.45, 2.75) is 35.9 Å². The van der Waals surface area contributed by atoms with Crippen molar-refractivity contribution < 1.29 is 18.0 Å². The number of fused-ring (bicyclic) bond motifs is 3. The van der Waals surface area contributed by atoms with Crippen LogP contribution in [0.4, 0.5) is 0 Å². The van der Waals surface area contributed by atoms with Crippen LogP contribution in [0.2, 0.25) is 4.34 Å². The van der Waals surface area contributed by atoms with Gasteiger partial charge in [0.05, 0.1) is 16.9 Å². The van der Waals surface area contributed by atoms with Crippen molar-refractivity contribution >= 4 is 38.9 Å². The predicted octanol–water partition coefficient (Wildman–Crippen LogP) is 3.26. The average molecular weight is 455 g/mol. The van der Waals surface area contributed by atoms with E-state index in [9.17, 15) is 13.2 Å². The van der Waals surface area contributed by atoms with Crippen molar-refractivity contribution in [3.8, 4) is 0 Å². The van der Waals surface area contributed by atoms with Crippen LogP contribution in [0.3, 0.4) is 0 Å². The van der Waals surface area contributed by atoms with E-state index < -0.39 is 21.5 Å². The molecule has 0 aliphatic heterocycles. The Labute approximate surface area is 179 Å². The number of hydroxylamine groups is 2. The Morgan fingerprint density at radius 2 is 2.00 bits per heavy atom. The maximum Gasteiger partial charge on any atom is 0.254 e. The van der Waals surface area contributed by atoms with E-state index in [4.69, 9.17) is 16.4 Å². The maximum atomic E-state index is 13.5. The molecule has 0 saturated heterocycles. The van der Waals surface area contributed by atoms with Gasteiger partial charge in [-0.3, -0.25) is 9.63 Å². The zero-order chi connectivity index (χ0) is 20.8. The third-order valence-electron chi connectivity index (χ3n) is 6.22. The molecule has 0 spiro atoms. The summed E-state index contributed by atoms with van der Waals surface area (Å²) < 4.78 is 29.7. The van der Waals surface area contributed by atoms with E-state index >= 15 is 0 Å². The average Bonchev–Trinajstić information content (AvgIpc) is 3.23. The molecular weight excluding hydrogens is 432 g/mol. The molecule has 2 unspecified atom stereocenters. The number of hydrogen-bond donors (Lipinski definition) is 1. The molecule has 1 aromatic carbocycles. The van der Waals surface area contributed by atoms with Crippen LogP contribution in [0, 0.1) is 11.3 Å². The monoisotopic (exact) mass is 454 g/mol. The summed E-state index contributed by atoms with van der Waals surface area (Å²) in [5, 5.41) is 1.22. The molecule has 1 N–H and O–H groups in total. The Hall–Kier alpha value is -1.45. The summed E-state index contributed by atoms with van der Waals surface area (Å²) in [5.74, 6) is -0.172. The van der Waals surface area contributed by atoms with Crippen molar-refractivity contribution in [3.63, 3.8) is 0 Å². The molecule has 2 aromatic rings. The third kappa shape index (κ3) is 3.61. The van der Waals surface area contributed by atoms with Crippen LogP contribution in [-0.4, -0.2) is 39.6 Å². The van der Waals surface area contributed by atoms with Gasteiger partial charge in [-0.05, 0) is 54.9 Å². The Balaban J connectivity index is 1.78. The van der Waals surface area contributed by atoms with Gasteiger partial charge in [-0.2, -0.15) is 0 Å². The molecule has 9 heteroatoms.